The van der Waals surface area contributed by atoms with E-state index in [9.17, 15) is 4.79 Å². The van der Waals surface area contributed by atoms with Crippen molar-refractivity contribution in [3.8, 4) is 0 Å². The number of nitrogens with one attached hydrogen (secondary N) is 1. The summed E-state index contributed by atoms with van der Waals surface area (Å²) >= 11 is 5.70. The minimum atomic E-state index is -0.147. The Balaban J connectivity index is 2.06. The van der Waals surface area contributed by atoms with Crippen LogP contribution in [0.1, 0.15) is 36.5 Å². The second kappa shape index (κ2) is 3.31. The van der Waals surface area contributed by atoms with Gasteiger partial charge in [-0.3, -0.25) is 4.79 Å². The lowest BCUT2D eigenvalue weighted by Gasteiger charge is -2.39. The van der Waals surface area contributed by atoms with Gasteiger partial charge >= 0.3 is 0 Å². The van der Waals surface area contributed by atoms with Gasteiger partial charge in [-0.25, -0.2) is 0 Å². The molecule has 0 unspecified atom stereocenters. The van der Waals surface area contributed by atoms with Crippen molar-refractivity contribution in [1.29, 1.82) is 0 Å². The van der Waals surface area contributed by atoms with E-state index in [1.165, 1.54) is 12.7 Å². The van der Waals surface area contributed by atoms with Crippen molar-refractivity contribution in [3.05, 3.63) is 23.1 Å². The monoisotopic (exact) mass is 213 g/mol. The van der Waals surface area contributed by atoms with Crippen molar-refractivity contribution in [1.82, 2.24) is 5.32 Å². The highest BCUT2D eigenvalue weighted by molar-refractivity contribution is 6.32. The van der Waals surface area contributed by atoms with Crippen molar-refractivity contribution in [2.45, 2.75) is 31.7 Å². The Morgan fingerprint density at radius 1 is 1.64 bits per heavy atom. The minimum Gasteiger partial charge on any atom is -0.452 e. The quantitative estimate of drug-likeness (QED) is 0.821. The molecule has 2 rings (SSSR count). The van der Waals surface area contributed by atoms with Crippen LogP contribution in [0.2, 0.25) is 5.22 Å². The molecule has 0 atom stereocenters. The van der Waals surface area contributed by atoms with E-state index in [-0.39, 0.29) is 16.7 Å². The summed E-state index contributed by atoms with van der Waals surface area (Å²) < 4.78 is 4.86. The van der Waals surface area contributed by atoms with E-state index in [0.29, 0.717) is 5.56 Å². The normalized spacial score (nSPS) is 18.7. The van der Waals surface area contributed by atoms with Crippen LogP contribution in [-0.4, -0.2) is 11.4 Å². The Kier molecular flexibility index (Phi) is 2.27. The maximum Gasteiger partial charge on any atom is 0.256 e. The van der Waals surface area contributed by atoms with Gasteiger partial charge < -0.3 is 9.73 Å². The SMILES string of the molecule is CC1(NC(=O)c2ccoc2Cl)CCC1. The molecule has 1 N–H and O–H groups in total. The Morgan fingerprint density at radius 3 is 2.79 bits per heavy atom. The lowest BCUT2D eigenvalue weighted by molar-refractivity contribution is 0.0850. The number of hydrogen-bond acceptors (Lipinski definition) is 2. The molecule has 3 nitrogen and oxygen atoms in total. The number of carbonyl (C=O) groups is 1. The van der Waals surface area contributed by atoms with Gasteiger partial charge in [-0.1, -0.05) is 0 Å². The van der Waals surface area contributed by atoms with Gasteiger partial charge in [0.15, 0.2) is 0 Å². The minimum absolute atomic E-state index is 0.0440. The largest absolute Gasteiger partial charge is 0.452 e. The molecule has 0 spiro atoms. The summed E-state index contributed by atoms with van der Waals surface area (Å²) in [5.41, 5.74) is 0.373. The van der Waals surface area contributed by atoms with Crippen molar-refractivity contribution in [3.63, 3.8) is 0 Å². The van der Waals surface area contributed by atoms with Crippen molar-refractivity contribution >= 4 is 17.5 Å². The smallest absolute Gasteiger partial charge is 0.256 e. The molecule has 1 aromatic heterocycles. The molecule has 4 heteroatoms. The molecule has 1 aliphatic rings. The van der Waals surface area contributed by atoms with Crippen molar-refractivity contribution in [2.24, 2.45) is 0 Å². The van der Waals surface area contributed by atoms with E-state index < -0.39 is 0 Å². The fourth-order valence-electron chi connectivity index (χ4n) is 1.63. The first kappa shape index (κ1) is 9.59. The van der Waals surface area contributed by atoms with Gasteiger partial charge in [0, 0.05) is 5.54 Å². The second-order valence-electron chi connectivity index (χ2n) is 3.98. The van der Waals surface area contributed by atoms with E-state index in [0.717, 1.165) is 12.8 Å². The third kappa shape index (κ3) is 1.64. The van der Waals surface area contributed by atoms with Gasteiger partial charge in [-0.15, -0.1) is 0 Å². The maximum absolute atomic E-state index is 11.7. The first-order valence-electron chi connectivity index (χ1n) is 4.66. The molecular formula is C10H12ClNO2. The summed E-state index contributed by atoms with van der Waals surface area (Å²) in [5.74, 6) is -0.147. The van der Waals surface area contributed by atoms with Gasteiger partial charge in [-0.2, -0.15) is 0 Å². The van der Waals surface area contributed by atoms with E-state index in [4.69, 9.17) is 16.0 Å². The lowest BCUT2D eigenvalue weighted by Crippen LogP contribution is -2.50. The van der Waals surface area contributed by atoms with Gasteiger partial charge in [0.1, 0.15) is 0 Å². The number of hydrogen-bond donors (Lipinski definition) is 1. The number of halogens is 1. The summed E-state index contributed by atoms with van der Waals surface area (Å²) in [5, 5.41) is 3.11. The summed E-state index contributed by atoms with van der Waals surface area (Å²) in [7, 11) is 0. The number of rotatable bonds is 2. The lowest BCUT2D eigenvalue weighted by atomic mass is 9.78. The molecule has 1 fully saturated rings. The van der Waals surface area contributed by atoms with Crippen LogP contribution in [0.25, 0.3) is 0 Å². The van der Waals surface area contributed by atoms with Crippen LogP contribution in [0.3, 0.4) is 0 Å². The molecule has 0 aliphatic heterocycles. The predicted octanol–water partition coefficient (Wildman–Crippen LogP) is 2.61. The summed E-state index contributed by atoms with van der Waals surface area (Å²) in [6, 6.07) is 1.58. The summed E-state index contributed by atoms with van der Waals surface area (Å²) in [6.07, 6.45) is 4.67. The van der Waals surface area contributed by atoms with Crippen LogP contribution >= 0.6 is 11.6 Å². The highest BCUT2D eigenvalue weighted by Gasteiger charge is 2.33. The molecule has 1 aliphatic carbocycles. The topological polar surface area (TPSA) is 42.2 Å². The van der Waals surface area contributed by atoms with Crippen LogP contribution < -0.4 is 5.32 Å². The predicted molar refractivity (Wildman–Crippen MR) is 53.4 cm³/mol. The van der Waals surface area contributed by atoms with E-state index >= 15 is 0 Å². The van der Waals surface area contributed by atoms with Gasteiger partial charge in [-0.05, 0) is 43.9 Å². The second-order valence-corrected chi connectivity index (χ2v) is 4.32. The fourth-order valence-corrected chi connectivity index (χ4v) is 1.83. The highest BCUT2D eigenvalue weighted by Crippen LogP contribution is 2.31. The average molecular weight is 214 g/mol. The van der Waals surface area contributed by atoms with Gasteiger partial charge in [0.25, 0.3) is 5.91 Å². The van der Waals surface area contributed by atoms with Gasteiger partial charge in [0.2, 0.25) is 5.22 Å². The molecule has 1 aromatic rings. The summed E-state index contributed by atoms with van der Waals surface area (Å²) in [4.78, 5) is 11.7. The third-order valence-electron chi connectivity index (χ3n) is 2.74. The Bertz CT molecular complexity index is 355. The molecule has 1 saturated carbocycles. The molecule has 0 saturated heterocycles. The number of amides is 1. The molecule has 1 amide bonds. The van der Waals surface area contributed by atoms with E-state index in [1.54, 1.807) is 6.07 Å². The van der Waals surface area contributed by atoms with Crippen LogP contribution in [0, 0.1) is 0 Å². The molecule has 0 radical (unpaired) electrons. The maximum atomic E-state index is 11.7. The zero-order valence-corrected chi connectivity index (χ0v) is 8.73. The number of carbonyl (C=O) groups excluding carboxylic acids is 1. The molecule has 76 valence electrons. The van der Waals surface area contributed by atoms with Gasteiger partial charge in [0.05, 0.1) is 11.8 Å². The first-order valence-corrected chi connectivity index (χ1v) is 5.04. The van der Waals surface area contributed by atoms with Crippen LogP contribution in [0.15, 0.2) is 16.7 Å². The van der Waals surface area contributed by atoms with Crippen LogP contribution in [0.5, 0.6) is 0 Å². The van der Waals surface area contributed by atoms with Crippen molar-refractivity contribution < 1.29 is 9.21 Å². The number of furan rings is 1. The Hall–Kier alpha value is -0.960. The zero-order chi connectivity index (χ0) is 10.2. The Labute approximate surface area is 87.4 Å². The van der Waals surface area contributed by atoms with Crippen LogP contribution in [0.4, 0.5) is 0 Å². The molecule has 0 bridgehead atoms. The fraction of sp³-hybridized carbons (Fsp3) is 0.500. The first-order chi connectivity index (χ1) is 6.61. The molecule has 14 heavy (non-hydrogen) atoms. The highest BCUT2D eigenvalue weighted by atomic mass is 35.5. The average Bonchev–Trinajstić information content (AvgIpc) is 2.48. The third-order valence-corrected chi connectivity index (χ3v) is 3.03. The molecular weight excluding hydrogens is 202 g/mol. The Morgan fingerprint density at radius 2 is 2.36 bits per heavy atom. The van der Waals surface area contributed by atoms with E-state index in [2.05, 4.69) is 5.32 Å². The van der Waals surface area contributed by atoms with Crippen LogP contribution in [-0.2, 0) is 0 Å². The molecule has 0 aromatic carbocycles. The van der Waals surface area contributed by atoms with Crippen molar-refractivity contribution in [2.75, 3.05) is 0 Å². The summed E-state index contributed by atoms with van der Waals surface area (Å²) in [6.45, 7) is 2.04. The zero-order valence-electron chi connectivity index (χ0n) is 7.97. The molecule has 1 heterocycles. The standard InChI is InChI=1S/C10H12ClNO2/c1-10(4-2-5-10)12-9(13)7-3-6-14-8(7)11/h3,6H,2,4-5H2,1H3,(H,12,13). The van der Waals surface area contributed by atoms with E-state index in [1.807, 2.05) is 6.92 Å².